The van der Waals surface area contributed by atoms with Crippen LogP contribution < -0.4 is 0 Å². The first-order chi connectivity index (χ1) is 7.06. The minimum atomic E-state index is -0.776. The third kappa shape index (κ3) is 3.18. The first kappa shape index (κ1) is 12.5. The Morgan fingerprint density at radius 1 is 1.60 bits per heavy atom. The molecule has 1 heterocycles. The van der Waals surface area contributed by atoms with E-state index in [0.717, 1.165) is 12.8 Å². The van der Waals surface area contributed by atoms with E-state index >= 15 is 0 Å². The highest BCUT2D eigenvalue weighted by molar-refractivity contribution is 5.72. The minimum absolute atomic E-state index is 0.241. The van der Waals surface area contributed by atoms with Gasteiger partial charge in [-0.3, -0.25) is 9.69 Å². The van der Waals surface area contributed by atoms with Crippen LogP contribution in [-0.2, 0) is 4.79 Å². The zero-order valence-corrected chi connectivity index (χ0v) is 9.52. The molecular weight excluding hydrogens is 194 g/mol. The summed E-state index contributed by atoms with van der Waals surface area (Å²) in [6.45, 7) is 5.20. The van der Waals surface area contributed by atoms with Gasteiger partial charge in [-0.1, -0.05) is 13.3 Å². The number of rotatable bonds is 4. The van der Waals surface area contributed by atoms with Crippen LogP contribution in [-0.4, -0.2) is 46.3 Å². The van der Waals surface area contributed by atoms with Crippen molar-refractivity contribution in [2.24, 2.45) is 5.92 Å². The minimum Gasteiger partial charge on any atom is -0.480 e. The monoisotopic (exact) mass is 215 g/mol. The van der Waals surface area contributed by atoms with Gasteiger partial charge in [0, 0.05) is 13.1 Å². The Bertz CT molecular complexity index is 220. The summed E-state index contributed by atoms with van der Waals surface area (Å²) >= 11 is 0. The molecule has 2 N–H and O–H groups in total. The van der Waals surface area contributed by atoms with E-state index < -0.39 is 12.0 Å². The van der Waals surface area contributed by atoms with Crippen molar-refractivity contribution in [1.29, 1.82) is 0 Å². The maximum absolute atomic E-state index is 10.8. The Morgan fingerprint density at radius 3 is 2.80 bits per heavy atom. The van der Waals surface area contributed by atoms with Gasteiger partial charge < -0.3 is 10.2 Å². The Labute approximate surface area is 90.9 Å². The highest BCUT2D eigenvalue weighted by Crippen LogP contribution is 2.22. The van der Waals surface area contributed by atoms with Crippen molar-refractivity contribution in [3.05, 3.63) is 0 Å². The van der Waals surface area contributed by atoms with Gasteiger partial charge >= 0.3 is 5.97 Å². The number of likely N-dealkylation sites (tertiary alicyclic amines) is 1. The van der Waals surface area contributed by atoms with Crippen molar-refractivity contribution in [2.75, 3.05) is 13.1 Å². The lowest BCUT2D eigenvalue weighted by Crippen LogP contribution is -2.49. The molecule has 1 saturated heterocycles. The number of aliphatic hydroxyl groups is 1. The highest BCUT2D eigenvalue weighted by atomic mass is 16.4. The lowest BCUT2D eigenvalue weighted by atomic mass is 9.90. The van der Waals surface area contributed by atoms with Gasteiger partial charge in [-0.2, -0.15) is 0 Å². The molecule has 0 amide bonds. The Morgan fingerprint density at radius 2 is 2.27 bits per heavy atom. The van der Waals surface area contributed by atoms with E-state index in [4.69, 9.17) is 5.11 Å². The van der Waals surface area contributed by atoms with Gasteiger partial charge in [-0.15, -0.1) is 0 Å². The maximum Gasteiger partial charge on any atom is 0.320 e. The standard InChI is InChI=1S/C11H21NO3/c1-3-4-9-7-12(6-5-10(9)13)8(2)11(14)15/h8-10,13H,3-7H2,1-2H3,(H,14,15)/t8-,9-,10-/m1/s1. The molecule has 4 heteroatoms. The van der Waals surface area contributed by atoms with Crippen LogP contribution in [0.1, 0.15) is 33.1 Å². The molecule has 0 aliphatic carbocycles. The van der Waals surface area contributed by atoms with Crippen LogP contribution in [0.2, 0.25) is 0 Å². The van der Waals surface area contributed by atoms with Crippen LogP contribution in [0.3, 0.4) is 0 Å². The van der Waals surface area contributed by atoms with Crippen molar-refractivity contribution in [2.45, 2.75) is 45.3 Å². The number of piperidine rings is 1. The second-order valence-corrected chi connectivity index (χ2v) is 4.41. The molecule has 4 nitrogen and oxygen atoms in total. The second-order valence-electron chi connectivity index (χ2n) is 4.41. The number of carboxylic acid groups (broad SMARTS) is 1. The highest BCUT2D eigenvalue weighted by Gasteiger charge is 2.31. The topological polar surface area (TPSA) is 60.8 Å². The van der Waals surface area contributed by atoms with Crippen LogP contribution >= 0.6 is 0 Å². The third-order valence-corrected chi connectivity index (χ3v) is 3.29. The molecule has 0 bridgehead atoms. The van der Waals surface area contributed by atoms with E-state index in [9.17, 15) is 9.90 Å². The van der Waals surface area contributed by atoms with Crippen molar-refractivity contribution in [1.82, 2.24) is 4.90 Å². The summed E-state index contributed by atoms with van der Waals surface area (Å²) in [4.78, 5) is 12.8. The zero-order chi connectivity index (χ0) is 11.4. The van der Waals surface area contributed by atoms with Crippen LogP contribution in [0, 0.1) is 5.92 Å². The summed E-state index contributed by atoms with van der Waals surface area (Å²) < 4.78 is 0. The molecule has 1 aliphatic rings. The number of carbonyl (C=O) groups is 1. The molecule has 0 saturated carbocycles. The van der Waals surface area contributed by atoms with E-state index in [-0.39, 0.29) is 12.0 Å². The summed E-state index contributed by atoms with van der Waals surface area (Å²) in [6.07, 6.45) is 2.46. The number of carboxylic acids is 1. The average molecular weight is 215 g/mol. The smallest absolute Gasteiger partial charge is 0.320 e. The molecule has 0 spiro atoms. The van der Waals surface area contributed by atoms with Gasteiger partial charge in [0.05, 0.1) is 6.10 Å². The van der Waals surface area contributed by atoms with Gasteiger partial charge in [-0.25, -0.2) is 0 Å². The van der Waals surface area contributed by atoms with Crippen LogP contribution in [0.25, 0.3) is 0 Å². The Kier molecular flexibility index (Phi) is 4.54. The number of aliphatic hydroxyl groups excluding tert-OH is 1. The largest absolute Gasteiger partial charge is 0.480 e. The van der Waals surface area contributed by atoms with Gasteiger partial charge in [0.1, 0.15) is 6.04 Å². The van der Waals surface area contributed by atoms with E-state index in [2.05, 4.69) is 6.92 Å². The molecule has 0 unspecified atom stereocenters. The third-order valence-electron chi connectivity index (χ3n) is 3.29. The summed E-state index contributed by atoms with van der Waals surface area (Å²) in [6, 6.07) is -0.433. The first-order valence-electron chi connectivity index (χ1n) is 5.71. The van der Waals surface area contributed by atoms with Crippen LogP contribution in [0.4, 0.5) is 0 Å². The molecule has 88 valence electrons. The fraction of sp³-hybridized carbons (Fsp3) is 0.909. The van der Waals surface area contributed by atoms with Gasteiger partial charge in [0.25, 0.3) is 0 Å². The van der Waals surface area contributed by atoms with E-state index in [1.807, 2.05) is 4.90 Å². The lowest BCUT2D eigenvalue weighted by molar-refractivity contribution is -0.144. The Balaban J connectivity index is 2.53. The number of hydrogen-bond acceptors (Lipinski definition) is 3. The van der Waals surface area contributed by atoms with E-state index in [0.29, 0.717) is 19.5 Å². The Hall–Kier alpha value is -0.610. The quantitative estimate of drug-likeness (QED) is 0.732. The molecule has 15 heavy (non-hydrogen) atoms. The van der Waals surface area contributed by atoms with Gasteiger partial charge in [-0.05, 0) is 25.7 Å². The fourth-order valence-corrected chi connectivity index (χ4v) is 2.21. The molecule has 0 radical (unpaired) electrons. The SMILES string of the molecule is CCC[C@@H]1CN([C@H](C)C(=O)O)CC[C@H]1O. The molecule has 1 fully saturated rings. The molecule has 3 atom stereocenters. The normalized spacial score (nSPS) is 30.1. The summed E-state index contributed by atoms with van der Waals surface area (Å²) in [5, 5.41) is 18.7. The summed E-state index contributed by atoms with van der Waals surface area (Å²) in [5.74, 6) is -0.535. The number of aliphatic carboxylic acids is 1. The molecule has 0 aromatic heterocycles. The van der Waals surface area contributed by atoms with Crippen LogP contribution in [0.5, 0.6) is 0 Å². The van der Waals surface area contributed by atoms with Crippen molar-refractivity contribution in [3.8, 4) is 0 Å². The van der Waals surface area contributed by atoms with Crippen molar-refractivity contribution in [3.63, 3.8) is 0 Å². The summed E-state index contributed by atoms with van der Waals surface area (Å²) in [5.41, 5.74) is 0. The summed E-state index contributed by atoms with van der Waals surface area (Å²) in [7, 11) is 0. The van der Waals surface area contributed by atoms with E-state index in [1.54, 1.807) is 6.92 Å². The molecule has 0 aromatic rings. The van der Waals surface area contributed by atoms with Gasteiger partial charge in [0.2, 0.25) is 0 Å². The number of hydrogen-bond donors (Lipinski definition) is 2. The molecular formula is C11H21NO3. The number of nitrogens with zero attached hydrogens (tertiary/aromatic N) is 1. The van der Waals surface area contributed by atoms with Crippen molar-refractivity contribution >= 4 is 5.97 Å². The fourth-order valence-electron chi connectivity index (χ4n) is 2.21. The van der Waals surface area contributed by atoms with Crippen molar-refractivity contribution < 1.29 is 15.0 Å². The molecule has 1 rings (SSSR count). The first-order valence-corrected chi connectivity index (χ1v) is 5.71. The second kappa shape index (κ2) is 5.47. The van der Waals surface area contributed by atoms with Crippen LogP contribution in [0.15, 0.2) is 0 Å². The maximum atomic E-state index is 10.8. The average Bonchev–Trinajstić information content (AvgIpc) is 2.20. The predicted octanol–water partition coefficient (Wildman–Crippen LogP) is 0.942. The lowest BCUT2D eigenvalue weighted by Gasteiger charge is -2.38. The predicted molar refractivity (Wildman–Crippen MR) is 57.7 cm³/mol. The zero-order valence-electron chi connectivity index (χ0n) is 9.52. The molecule has 1 aliphatic heterocycles. The van der Waals surface area contributed by atoms with Gasteiger partial charge in [0.15, 0.2) is 0 Å². The molecule has 0 aromatic carbocycles. The van der Waals surface area contributed by atoms with E-state index in [1.165, 1.54) is 0 Å².